The Kier molecular flexibility index (Phi) is 5.90. The van der Waals surface area contributed by atoms with Crippen LogP contribution in [0.5, 0.6) is 0 Å². The number of methoxy groups -OCH3 is 1. The van der Waals surface area contributed by atoms with Crippen molar-refractivity contribution in [1.29, 1.82) is 0 Å². The smallest absolute Gasteiger partial charge is 0.383 e. The summed E-state index contributed by atoms with van der Waals surface area (Å²) >= 11 is 0. The fraction of sp³-hybridized carbons (Fsp3) is 0.357. The molecule has 0 saturated heterocycles. The van der Waals surface area contributed by atoms with Crippen LogP contribution in [-0.4, -0.2) is 37.6 Å². The van der Waals surface area contributed by atoms with Gasteiger partial charge < -0.3 is 9.64 Å². The zero-order valence-electron chi connectivity index (χ0n) is 11.4. The molecule has 0 radical (unpaired) electrons. The lowest BCUT2D eigenvalue weighted by molar-refractivity contribution is -0.137. The lowest BCUT2D eigenvalue weighted by Crippen LogP contribution is -2.34. The van der Waals surface area contributed by atoms with Crippen LogP contribution < -0.4 is 0 Å². The molecule has 0 bridgehead atoms. The Bertz CT molecular complexity index is 514. The van der Waals surface area contributed by atoms with Crippen LogP contribution in [0.15, 0.2) is 30.9 Å². The molecule has 116 valence electrons. The molecule has 0 fully saturated rings. The number of benzene rings is 1. The Labute approximate surface area is 119 Å². The Morgan fingerprint density at radius 1 is 1.43 bits per heavy atom. The van der Waals surface area contributed by atoms with Crippen molar-refractivity contribution in [1.82, 2.24) is 4.90 Å². The molecule has 0 atom stereocenters. The van der Waals surface area contributed by atoms with E-state index >= 15 is 0 Å². The lowest BCUT2D eigenvalue weighted by Gasteiger charge is -2.21. The van der Waals surface area contributed by atoms with Crippen molar-refractivity contribution in [3.63, 3.8) is 0 Å². The molecule has 0 aliphatic heterocycles. The highest BCUT2D eigenvalue weighted by atomic mass is 19.4. The van der Waals surface area contributed by atoms with E-state index in [-0.39, 0.29) is 19.7 Å². The quantitative estimate of drug-likeness (QED) is 0.597. The predicted octanol–water partition coefficient (Wildman–Crippen LogP) is 3.12. The largest absolute Gasteiger partial charge is 0.416 e. The van der Waals surface area contributed by atoms with Gasteiger partial charge in [-0.15, -0.1) is 6.58 Å². The maximum atomic E-state index is 13.7. The molecule has 0 aromatic heterocycles. The molecule has 0 aliphatic carbocycles. The van der Waals surface area contributed by atoms with Crippen LogP contribution in [0, 0.1) is 5.82 Å². The third kappa shape index (κ3) is 4.56. The molecule has 1 aromatic rings. The van der Waals surface area contributed by atoms with Crippen molar-refractivity contribution >= 4 is 5.91 Å². The molecule has 1 aromatic carbocycles. The molecule has 1 amide bonds. The molecular formula is C14H15F4NO2. The Hall–Kier alpha value is -1.89. The summed E-state index contributed by atoms with van der Waals surface area (Å²) in [5.74, 6) is -1.84. The van der Waals surface area contributed by atoms with E-state index in [1.54, 1.807) is 0 Å². The lowest BCUT2D eigenvalue weighted by atomic mass is 10.1. The molecular weight excluding hydrogens is 290 g/mol. The van der Waals surface area contributed by atoms with Gasteiger partial charge in [-0.3, -0.25) is 4.79 Å². The van der Waals surface area contributed by atoms with Gasteiger partial charge in [0.1, 0.15) is 5.82 Å². The molecule has 0 aliphatic rings. The van der Waals surface area contributed by atoms with E-state index in [0.717, 1.165) is 4.90 Å². The molecule has 0 unspecified atom stereocenters. The number of nitrogens with zero attached hydrogens (tertiary/aromatic N) is 1. The summed E-state index contributed by atoms with van der Waals surface area (Å²) in [5.41, 5.74) is -1.69. The summed E-state index contributed by atoms with van der Waals surface area (Å²) in [5, 5.41) is 0. The Morgan fingerprint density at radius 2 is 2.10 bits per heavy atom. The second-order valence-corrected chi connectivity index (χ2v) is 4.23. The summed E-state index contributed by atoms with van der Waals surface area (Å²) < 4.78 is 56.4. The van der Waals surface area contributed by atoms with E-state index in [1.807, 2.05) is 0 Å². The highest BCUT2D eigenvalue weighted by molar-refractivity contribution is 5.94. The number of alkyl halides is 3. The fourth-order valence-electron chi connectivity index (χ4n) is 1.67. The molecule has 0 N–H and O–H groups in total. The van der Waals surface area contributed by atoms with Crippen molar-refractivity contribution in [3.05, 3.63) is 47.8 Å². The summed E-state index contributed by atoms with van der Waals surface area (Å²) in [7, 11) is 1.42. The highest BCUT2D eigenvalue weighted by Crippen LogP contribution is 2.30. The molecule has 0 spiro atoms. The summed E-state index contributed by atoms with van der Waals surface area (Å²) in [6.07, 6.45) is -3.24. The number of carbonyl (C=O) groups is 1. The van der Waals surface area contributed by atoms with E-state index in [4.69, 9.17) is 4.74 Å². The normalized spacial score (nSPS) is 11.3. The first-order chi connectivity index (χ1) is 9.81. The van der Waals surface area contributed by atoms with Crippen LogP contribution in [-0.2, 0) is 10.9 Å². The van der Waals surface area contributed by atoms with E-state index < -0.39 is 29.0 Å². The Balaban J connectivity index is 3.11. The zero-order chi connectivity index (χ0) is 16.0. The Morgan fingerprint density at radius 3 is 2.62 bits per heavy atom. The second kappa shape index (κ2) is 7.21. The van der Waals surface area contributed by atoms with Crippen molar-refractivity contribution in [2.45, 2.75) is 6.18 Å². The van der Waals surface area contributed by atoms with Gasteiger partial charge in [0.15, 0.2) is 0 Å². The van der Waals surface area contributed by atoms with Crippen LogP contribution in [0.25, 0.3) is 0 Å². The van der Waals surface area contributed by atoms with Gasteiger partial charge in [0.25, 0.3) is 5.91 Å². The van der Waals surface area contributed by atoms with E-state index in [9.17, 15) is 22.4 Å². The van der Waals surface area contributed by atoms with Crippen molar-refractivity contribution in [3.8, 4) is 0 Å². The summed E-state index contributed by atoms with van der Waals surface area (Å²) in [4.78, 5) is 13.3. The number of carbonyl (C=O) groups excluding carboxylic acids is 1. The molecule has 1 rings (SSSR count). The maximum Gasteiger partial charge on any atom is 0.416 e. The molecule has 0 saturated carbocycles. The van der Waals surface area contributed by atoms with Crippen LogP contribution in [0.2, 0.25) is 0 Å². The van der Waals surface area contributed by atoms with E-state index in [0.29, 0.717) is 18.2 Å². The molecule has 3 nitrogen and oxygen atoms in total. The van der Waals surface area contributed by atoms with Gasteiger partial charge in [0.2, 0.25) is 0 Å². The SMILES string of the molecule is C=CCN(CCOC)C(=O)c1cc(C(F)(F)F)ccc1F. The third-order valence-electron chi connectivity index (χ3n) is 2.73. The second-order valence-electron chi connectivity index (χ2n) is 4.23. The molecule has 21 heavy (non-hydrogen) atoms. The van der Waals surface area contributed by atoms with Gasteiger partial charge in [-0.1, -0.05) is 6.08 Å². The van der Waals surface area contributed by atoms with Gasteiger partial charge in [0.05, 0.1) is 17.7 Å². The minimum Gasteiger partial charge on any atom is -0.383 e. The topological polar surface area (TPSA) is 29.5 Å². The van der Waals surface area contributed by atoms with Gasteiger partial charge in [0, 0.05) is 20.2 Å². The highest BCUT2D eigenvalue weighted by Gasteiger charge is 2.32. The van der Waals surface area contributed by atoms with Crippen molar-refractivity contribution in [2.75, 3.05) is 26.8 Å². The van der Waals surface area contributed by atoms with Crippen molar-refractivity contribution in [2.24, 2.45) is 0 Å². The van der Waals surface area contributed by atoms with E-state index in [1.165, 1.54) is 13.2 Å². The number of hydrogen-bond donors (Lipinski definition) is 0. The van der Waals surface area contributed by atoms with E-state index in [2.05, 4.69) is 6.58 Å². The first kappa shape index (κ1) is 17.2. The first-order valence-electron chi connectivity index (χ1n) is 6.07. The van der Waals surface area contributed by atoms with Gasteiger partial charge in [-0.2, -0.15) is 13.2 Å². The van der Waals surface area contributed by atoms with Crippen LogP contribution in [0.4, 0.5) is 17.6 Å². The first-order valence-corrected chi connectivity index (χ1v) is 6.07. The number of amides is 1. The predicted molar refractivity (Wildman–Crippen MR) is 69.4 cm³/mol. The molecule has 0 heterocycles. The van der Waals surface area contributed by atoms with Crippen LogP contribution >= 0.6 is 0 Å². The number of hydrogen-bond acceptors (Lipinski definition) is 2. The van der Waals surface area contributed by atoms with Gasteiger partial charge >= 0.3 is 6.18 Å². The average Bonchev–Trinajstić information content (AvgIpc) is 2.42. The monoisotopic (exact) mass is 305 g/mol. The fourth-order valence-corrected chi connectivity index (χ4v) is 1.67. The summed E-state index contributed by atoms with van der Waals surface area (Å²) in [6, 6.07) is 1.75. The van der Waals surface area contributed by atoms with Crippen LogP contribution in [0.3, 0.4) is 0 Å². The minimum atomic E-state index is -4.64. The number of ether oxygens (including phenoxy) is 1. The van der Waals surface area contributed by atoms with Crippen LogP contribution in [0.1, 0.15) is 15.9 Å². The average molecular weight is 305 g/mol. The standard InChI is InChI=1S/C14H15F4NO2/c1-3-6-19(7-8-21-2)13(20)11-9-10(14(16,17)18)4-5-12(11)15/h3-5,9H,1,6-8H2,2H3. The minimum absolute atomic E-state index is 0.0812. The number of rotatable bonds is 6. The van der Waals surface area contributed by atoms with Gasteiger partial charge in [-0.05, 0) is 18.2 Å². The molecule has 7 heteroatoms. The van der Waals surface area contributed by atoms with Gasteiger partial charge in [-0.25, -0.2) is 4.39 Å². The van der Waals surface area contributed by atoms with Crippen molar-refractivity contribution < 1.29 is 27.1 Å². The maximum absolute atomic E-state index is 13.7. The number of halogens is 4. The zero-order valence-corrected chi connectivity index (χ0v) is 11.4. The third-order valence-corrected chi connectivity index (χ3v) is 2.73. The summed E-state index contributed by atoms with van der Waals surface area (Å²) in [6.45, 7) is 3.84.